The molecule has 4 nitrogen and oxygen atoms in total. The first-order valence-corrected chi connectivity index (χ1v) is 7.60. The van der Waals surface area contributed by atoms with Crippen LogP contribution in [-0.4, -0.2) is 28.7 Å². The zero-order chi connectivity index (χ0) is 15.1. The summed E-state index contributed by atoms with van der Waals surface area (Å²) in [7, 11) is 0. The van der Waals surface area contributed by atoms with Gasteiger partial charge in [0.15, 0.2) is 0 Å². The molecule has 0 saturated carbocycles. The molecule has 20 heavy (non-hydrogen) atoms. The largest absolute Gasteiger partial charge is 0.396 e. The predicted molar refractivity (Wildman–Crippen MR) is 82.0 cm³/mol. The minimum absolute atomic E-state index is 0.00292. The number of nitrogens with zero attached hydrogens (tertiary/aromatic N) is 1. The molecular weight excluding hydrogens is 252 g/mol. The maximum absolute atomic E-state index is 12.3. The van der Waals surface area contributed by atoms with E-state index < -0.39 is 0 Å². The first-order valence-electron chi connectivity index (χ1n) is 7.60. The second-order valence-electron chi connectivity index (χ2n) is 5.41. The quantitative estimate of drug-likeness (QED) is 0.769. The number of nitrogens with one attached hydrogen (secondary N) is 1. The van der Waals surface area contributed by atoms with E-state index in [9.17, 15) is 4.79 Å². The molecule has 1 amide bonds. The summed E-state index contributed by atoms with van der Waals surface area (Å²) in [5.74, 6) is 0.362. The van der Waals surface area contributed by atoms with Gasteiger partial charge in [0.05, 0.1) is 5.56 Å². The number of aliphatic hydroxyl groups is 1. The van der Waals surface area contributed by atoms with Gasteiger partial charge >= 0.3 is 0 Å². The summed E-state index contributed by atoms with van der Waals surface area (Å²) in [6.45, 7) is 9.94. The Bertz CT molecular complexity index is 432. The lowest BCUT2D eigenvalue weighted by Gasteiger charge is -2.15. The molecule has 0 bridgehead atoms. The summed E-state index contributed by atoms with van der Waals surface area (Å²) in [5, 5.41) is 12.1. The minimum atomic E-state index is -0.00292. The number of aryl methyl sites for hydroxylation is 1. The number of carbonyl (C=O) groups is 1. The molecule has 0 aliphatic rings. The van der Waals surface area contributed by atoms with Crippen molar-refractivity contribution in [2.45, 2.75) is 53.5 Å². The molecular formula is C16H28N2O2. The van der Waals surface area contributed by atoms with E-state index in [0.717, 1.165) is 42.8 Å². The van der Waals surface area contributed by atoms with Crippen molar-refractivity contribution in [1.82, 2.24) is 9.88 Å². The summed E-state index contributed by atoms with van der Waals surface area (Å²) >= 11 is 0. The molecule has 114 valence electrons. The average Bonchev–Trinajstić information content (AvgIpc) is 2.71. The van der Waals surface area contributed by atoms with Crippen molar-refractivity contribution in [2.24, 2.45) is 5.92 Å². The molecule has 0 aliphatic carbocycles. The number of aromatic nitrogens is 1. The molecule has 0 spiro atoms. The van der Waals surface area contributed by atoms with Gasteiger partial charge in [-0.25, -0.2) is 0 Å². The maximum Gasteiger partial charge on any atom is 0.253 e. The molecule has 1 aromatic heterocycles. The molecule has 1 atom stereocenters. The Labute approximate surface area is 122 Å². The van der Waals surface area contributed by atoms with E-state index in [4.69, 9.17) is 5.11 Å². The van der Waals surface area contributed by atoms with Gasteiger partial charge in [0.1, 0.15) is 0 Å². The highest BCUT2D eigenvalue weighted by molar-refractivity contribution is 5.95. The van der Waals surface area contributed by atoms with E-state index in [1.807, 2.05) is 19.9 Å². The molecule has 0 radical (unpaired) electrons. The number of hydrogen-bond donors (Lipinski definition) is 2. The molecule has 1 aromatic rings. The standard InChI is InChI=1S/C16H28N2O2/c1-5-7-14(8-9-19)11-17-16(20)15-10-12(3)18(6-2)13(15)4/h10,14,19H,5-9,11H2,1-4H3,(H,17,20). The Kier molecular flexibility index (Phi) is 6.79. The van der Waals surface area contributed by atoms with E-state index in [1.165, 1.54) is 0 Å². The predicted octanol–water partition coefficient (Wildman–Crippen LogP) is 2.65. The molecule has 0 fully saturated rings. The highest BCUT2D eigenvalue weighted by Gasteiger charge is 2.16. The summed E-state index contributed by atoms with van der Waals surface area (Å²) in [6.07, 6.45) is 2.86. The number of rotatable bonds is 8. The van der Waals surface area contributed by atoms with Crippen LogP contribution in [-0.2, 0) is 6.54 Å². The van der Waals surface area contributed by atoms with Crippen LogP contribution in [0.15, 0.2) is 6.07 Å². The van der Waals surface area contributed by atoms with Gasteiger partial charge in [-0.1, -0.05) is 13.3 Å². The van der Waals surface area contributed by atoms with Gasteiger partial charge in [-0.15, -0.1) is 0 Å². The van der Waals surface area contributed by atoms with E-state index in [2.05, 4.69) is 23.7 Å². The molecule has 0 saturated heterocycles. The third kappa shape index (κ3) is 4.10. The summed E-state index contributed by atoms with van der Waals surface area (Å²) < 4.78 is 2.15. The fourth-order valence-electron chi connectivity index (χ4n) is 2.79. The highest BCUT2D eigenvalue weighted by atomic mass is 16.3. The summed E-state index contributed by atoms with van der Waals surface area (Å²) in [5.41, 5.74) is 2.91. The number of carbonyl (C=O) groups excluding carboxylic acids is 1. The van der Waals surface area contributed by atoms with Crippen molar-refractivity contribution < 1.29 is 9.90 Å². The fraction of sp³-hybridized carbons (Fsp3) is 0.688. The van der Waals surface area contributed by atoms with Crippen molar-refractivity contribution in [1.29, 1.82) is 0 Å². The molecule has 2 N–H and O–H groups in total. The Morgan fingerprint density at radius 3 is 2.55 bits per heavy atom. The van der Waals surface area contributed by atoms with Gasteiger partial charge in [0.2, 0.25) is 0 Å². The van der Waals surface area contributed by atoms with E-state index in [1.54, 1.807) is 0 Å². The highest BCUT2D eigenvalue weighted by Crippen LogP contribution is 2.15. The zero-order valence-electron chi connectivity index (χ0n) is 13.2. The third-order valence-corrected chi connectivity index (χ3v) is 3.92. The van der Waals surface area contributed by atoms with Crippen LogP contribution in [0.4, 0.5) is 0 Å². The topological polar surface area (TPSA) is 54.3 Å². The molecule has 1 heterocycles. The first-order chi connectivity index (χ1) is 9.54. The monoisotopic (exact) mass is 280 g/mol. The van der Waals surface area contributed by atoms with Gasteiger partial charge < -0.3 is 15.0 Å². The fourth-order valence-corrected chi connectivity index (χ4v) is 2.79. The molecule has 1 rings (SSSR count). The molecule has 4 heteroatoms. The molecule has 1 unspecified atom stereocenters. The van der Waals surface area contributed by atoms with Crippen LogP contribution >= 0.6 is 0 Å². The first kappa shape index (κ1) is 16.8. The maximum atomic E-state index is 12.3. The Hall–Kier alpha value is -1.29. The SMILES string of the molecule is CCCC(CCO)CNC(=O)c1cc(C)n(CC)c1C. The van der Waals surface area contributed by atoms with Gasteiger partial charge in [-0.3, -0.25) is 4.79 Å². The normalized spacial score (nSPS) is 12.4. The van der Waals surface area contributed by atoms with Gasteiger partial charge in [0.25, 0.3) is 5.91 Å². The van der Waals surface area contributed by atoms with Crippen LogP contribution in [0.5, 0.6) is 0 Å². The number of hydrogen-bond acceptors (Lipinski definition) is 2. The molecule has 0 aliphatic heterocycles. The van der Waals surface area contributed by atoms with Crippen LogP contribution in [0.3, 0.4) is 0 Å². The lowest BCUT2D eigenvalue weighted by molar-refractivity contribution is 0.0942. The summed E-state index contributed by atoms with van der Waals surface area (Å²) in [4.78, 5) is 12.3. The van der Waals surface area contributed by atoms with Crippen LogP contribution in [0.2, 0.25) is 0 Å². The Morgan fingerprint density at radius 1 is 1.35 bits per heavy atom. The van der Waals surface area contributed by atoms with Crippen molar-refractivity contribution in [3.05, 3.63) is 23.0 Å². The van der Waals surface area contributed by atoms with Crippen LogP contribution in [0, 0.1) is 19.8 Å². The average molecular weight is 280 g/mol. The lowest BCUT2D eigenvalue weighted by Crippen LogP contribution is -2.30. The van der Waals surface area contributed by atoms with Crippen molar-refractivity contribution in [3.8, 4) is 0 Å². The van der Waals surface area contributed by atoms with Crippen molar-refractivity contribution in [3.63, 3.8) is 0 Å². The molecule has 0 aromatic carbocycles. The van der Waals surface area contributed by atoms with Crippen LogP contribution in [0.25, 0.3) is 0 Å². The zero-order valence-corrected chi connectivity index (χ0v) is 13.2. The van der Waals surface area contributed by atoms with E-state index in [-0.39, 0.29) is 12.5 Å². The number of amides is 1. The number of aliphatic hydroxyl groups excluding tert-OH is 1. The smallest absolute Gasteiger partial charge is 0.253 e. The van der Waals surface area contributed by atoms with E-state index >= 15 is 0 Å². The van der Waals surface area contributed by atoms with Crippen molar-refractivity contribution in [2.75, 3.05) is 13.2 Å². The van der Waals surface area contributed by atoms with Gasteiger partial charge in [-0.05, 0) is 45.6 Å². The minimum Gasteiger partial charge on any atom is -0.396 e. The van der Waals surface area contributed by atoms with Gasteiger partial charge in [-0.2, -0.15) is 0 Å². The second-order valence-corrected chi connectivity index (χ2v) is 5.41. The summed E-state index contributed by atoms with van der Waals surface area (Å²) in [6, 6.07) is 1.95. The lowest BCUT2D eigenvalue weighted by atomic mass is 10.00. The van der Waals surface area contributed by atoms with Crippen LogP contribution < -0.4 is 5.32 Å². The third-order valence-electron chi connectivity index (χ3n) is 3.92. The second kappa shape index (κ2) is 8.10. The van der Waals surface area contributed by atoms with Crippen LogP contribution in [0.1, 0.15) is 54.9 Å². The van der Waals surface area contributed by atoms with E-state index in [0.29, 0.717) is 12.5 Å². The van der Waals surface area contributed by atoms with Gasteiger partial charge in [0, 0.05) is 31.1 Å². The van der Waals surface area contributed by atoms with Crippen molar-refractivity contribution >= 4 is 5.91 Å². The Morgan fingerprint density at radius 2 is 2.05 bits per heavy atom. The Balaban J connectivity index is 2.66.